The highest BCUT2D eigenvalue weighted by atomic mass is 32.2. The first-order valence-corrected chi connectivity index (χ1v) is 10.5. The van der Waals surface area contributed by atoms with Gasteiger partial charge in [0.05, 0.1) is 17.1 Å². The number of benzene rings is 1. The Morgan fingerprint density at radius 3 is 2.48 bits per heavy atom. The van der Waals surface area contributed by atoms with E-state index in [4.69, 9.17) is 0 Å². The number of thiophene rings is 1. The van der Waals surface area contributed by atoms with Gasteiger partial charge in [-0.3, -0.25) is 9.59 Å². The minimum absolute atomic E-state index is 0.108. The molecule has 2 N–H and O–H groups in total. The van der Waals surface area contributed by atoms with Crippen LogP contribution in [0.1, 0.15) is 28.8 Å². The summed E-state index contributed by atoms with van der Waals surface area (Å²) in [5, 5.41) is 15.5. The molecule has 1 aliphatic carbocycles. The van der Waals surface area contributed by atoms with E-state index in [1.54, 1.807) is 0 Å². The molecule has 2 amide bonds. The number of amides is 2. The van der Waals surface area contributed by atoms with Crippen molar-refractivity contribution in [1.82, 2.24) is 0 Å². The third-order valence-electron chi connectivity index (χ3n) is 4.13. The maximum Gasteiger partial charge on any atom is 0.235 e. The lowest BCUT2D eigenvalue weighted by atomic mass is 9.96. The Morgan fingerprint density at radius 2 is 1.78 bits per heavy atom. The van der Waals surface area contributed by atoms with Crippen LogP contribution in [0.5, 0.6) is 0 Å². The molecule has 1 aromatic carbocycles. The number of hydrogen-bond acceptors (Lipinski definition) is 5. The first-order valence-electron chi connectivity index (χ1n) is 8.54. The van der Waals surface area contributed by atoms with E-state index in [0.29, 0.717) is 16.3 Å². The highest BCUT2D eigenvalue weighted by Gasteiger charge is 2.21. The Labute approximate surface area is 165 Å². The van der Waals surface area contributed by atoms with Gasteiger partial charge in [-0.1, -0.05) is 0 Å². The monoisotopic (exact) mass is 403 g/mol. The van der Waals surface area contributed by atoms with Gasteiger partial charge < -0.3 is 10.6 Å². The number of aryl methyl sites for hydroxylation is 1. The topological polar surface area (TPSA) is 82.0 Å². The van der Waals surface area contributed by atoms with E-state index in [-0.39, 0.29) is 29.1 Å². The minimum Gasteiger partial charge on any atom is -0.325 e. The fourth-order valence-corrected chi connectivity index (χ4v) is 4.77. The van der Waals surface area contributed by atoms with Crippen LogP contribution >= 0.6 is 23.1 Å². The van der Waals surface area contributed by atoms with E-state index in [9.17, 15) is 19.2 Å². The summed E-state index contributed by atoms with van der Waals surface area (Å²) in [4.78, 5) is 25.2. The number of nitrogens with zero attached hydrogens (tertiary/aromatic N) is 1. The number of halogens is 1. The third-order valence-corrected chi connectivity index (χ3v) is 6.27. The summed E-state index contributed by atoms with van der Waals surface area (Å²) in [5.41, 5.74) is 2.17. The van der Waals surface area contributed by atoms with Crippen LogP contribution in [0.2, 0.25) is 0 Å². The fourth-order valence-electron chi connectivity index (χ4n) is 2.90. The van der Waals surface area contributed by atoms with Crippen LogP contribution in [0.15, 0.2) is 24.3 Å². The lowest BCUT2D eigenvalue weighted by molar-refractivity contribution is -0.114. The molecule has 1 aromatic heterocycles. The Kier molecular flexibility index (Phi) is 6.48. The number of thioether (sulfide) groups is 1. The van der Waals surface area contributed by atoms with Gasteiger partial charge in [-0.05, 0) is 55.5 Å². The lowest BCUT2D eigenvalue weighted by Crippen LogP contribution is -2.18. The molecule has 3 rings (SSSR count). The second kappa shape index (κ2) is 9.02. The molecule has 0 fully saturated rings. The number of anilines is 2. The van der Waals surface area contributed by atoms with E-state index in [1.807, 2.05) is 0 Å². The summed E-state index contributed by atoms with van der Waals surface area (Å²) >= 11 is 2.67. The van der Waals surface area contributed by atoms with Crippen LogP contribution in [0.3, 0.4) is 0 Å². The average molecular weight is 404 g/mol. The maximum atomic E-state index is 12.8. The van der Waals surface area contributed by atoms with Gasteiger partial charge in [0.15, 0.2) is 0 Å². The van der Waals surface area contributed by atoms with Crippen LogP contribution in [-0.2, 0) is 22.4 Å². The fraction of sp³-hybridized carbons (Fsp3) is 0.316. The highest BCUT2D eigenvalue weighted by molar-refractivity contribution is 8.00. The van der Waals surface area contributed by atoms with Crippen molar-refractivity contribution in [2.45, 2.75) is 25.7 Å². The SMILES string of the molecule is N#Cc1c(NC(=O)CSCC(=O)Nc2ccc(F)cc2)sc2c1CCCC2. The van der Waals surface area contributed by atoms with Crippen LogP contribution in [0, 0.1) is 17.1 Å². The number of nitriles is 1. The number of rotatable bonds is 6. The highest BCUT2D eigenvalue weighted by Crippen LogP contribution is 2.37. The van der Waals surface area contributed by atoms with Gasteiger partial charge in [0.1, 0.15) is 16.9 Å². The van der Waals surface area contributed by atoms with Crippen molar-refractivity contribution in [2.24, 2.45) is 0 Å². The Morgan fingerprint density at radius 1 is 1.11 bits per heavy atom. The van der Waals surface area contributed by atoms with Gasteiger partial charge in [-0.25, -0.2) is 4.39 Å². The normalized spacial score (nSPS) is 12.7. The standard InChI is InChI=1S/C19H18FN3O2S2/c20-12-5-7-13(8-6-12)22-17(24)10-26-11-18(25)23-19-15(9-21)14-3-1-2-4-16(14)27-19/h5-8H,1-4,10-11H2,(H,22,24)(H,23,25). The first kappa shape index (κ1) is 19.4. The van der Waals surface area contributed by atoms with Gasteiger partial charge in [-0.2, -0.15) is 5.26 Å². The summed E-state index contributed by atoms with van der Waals surface area (Å²) in [7, 11) is 0. The molecule has 140 valence electrons. The van der Waals surface area contributed by atoms with Crippen molar-refractivity contribution in [2.75, 3.05) is 22.1 Å². The molecule has 27 heavy (non-hydrogen) atoms. The Bertz CT molecular complexity index is 888. The van der Waals surface area contributed by atoms with Crippen LogP contribution < -0.4 is 10.6 Å². The molecule has 0 spiro atoms. The number of fused-ring (bicyclic) bond motifs is 1. The largest absolute Gasteiger partial charge is 0.325 e. The minimum atomic E-state index is -0.369. The van der Waals surface area contributed by atoms with E-state index in [2.05, 4.69) is 16.7 Å². The van der Waals surface area contributed by atoms with Crippen molar-refractivity contribution in [3.05, 3.63) is 46.1 Å². The smallest absolute Gasteiger partial charge is 0.235 e. The summed E-state index contributed by atoms with van der Waals surface area (Å²) in [6.07, 6.45) is 4.04. The van der Waals surface area contributed by atoms with E-state index < -0.39 is 0 Å². The van der Waals surface area contributed by atoms with Crippen molar-refractivity contribution in [3.8, 4) is 6.07 Å². The second-order valence-electron chi connectivity index (χ2n) is 6.12. The summed E-state index contributed by atoms with van der Waals surface area (Å²) in [6.45, 7) is 0. The third kappa shape index (κ3) is 5.08. The zero-order valence-electron chi connectivity index (χ0n) is 14.5. The second-order valence-corrected chi connectivity index (χ2v) is 8.21. The molecule has 0 bridgehead atoms. The molecule has 2 aromatic rings. The molecule has 0 unspecified atom stereocenters. The van der Waals surface area contributed by atoms with E-state index in [1.165, 1.54) is 52.2 Å². The Balaban J connectivity index is 1.47. The predicted octanol–water partition coefficient (Wildman–Crippen LogP) is 3.95. The van der Waals surface area contributed by atoms with Crippen molar-refractivity contribution >= 4 is 45.6 Å². The number of nitrogens with one attached hydrogen (secondary N) is 2. The van der Waals surface area contributed by atoms with Gasteiger partial charge in [0.25, 0.3) is 0 Å². The molecule has 1 heterocycles. The molecular formula is C19H18FN3O2S2. The quantitative estimate of drug-likeness (QED) is 0.765. The molecule has 0 radical (unpaired) electrons. The zero-order chi connectivity index (χ0) is 19.2. The molecule has 1 aliphatic rings. The number of carbonyl (C=O) groups excluding carboxylic acids is 2. The molecule has 0 aliphatic heterocycles. The molecule has 0 saturated heterocycles. The van der Waals surface area contributed by atoms with Gasteiger partial charge >= 0.3 is 0 Å². The first-order chi connectivity index (χ1) is 13.1. The van der Waals surface area contributed by atoms with Crippen LogP contribution in [-0.4, -0.2) is 23.3 Å². The number of carbonyl (C=O) groups is 2. The Hall–Kier alpha value is -2.37. The summed E-state index contributed by atoms with van der Waals surface area (Å²) in [6, 6.07) is 7.71. The van der Waals surface area contributed by atoms with Gasteiger partial charge in [0.2, 0.25) is 11.8 Å². The summed E-state index contributed by atoms with van der Waals surface area (Å²) < 4.78 is 12.8. The molecular weight excluding hydrogens is 385 g/mol. The van der Waals surface area contributed by atoms with E-state index >= 15 is 0 Å². The van der Waals surface area contributed by atoms with Gasteiger partial charge in [0, 0.05) is 10.6 Å². The molecule has 0 atom stereocenters. The lowest BCUT2D eigenvalue weighted by Gasteiger charge is -2.09. The van der Waals surface area contributed by atoms with Crippen LogP contribution in [0.4, 0.5) is 15.1 Å². The molecule has 0 saturated carbocycles. The number of hydrogen-bond donors (Lipinski definition) is 2. The summed E-state index contributed by atoms with van der Waals surface area (Å²) in [5.74, 6) is -0.638. The van der Waals surface area contributed by atoms with Crippen molar-refractivity contribution in [3.63, 3.8) is 0 Å². The molecule has 5 nitrogen and oxygen atoms in total. The van der Waals surface area contributed by atoms with E-state index in [0.717, 1.165) is 31.2 Å². The zero-order valence-corrected chi connectivity index (χ0v) is 16.1. The van der Waals surface area contributed by atoms with Crippen molar-refractivity contribution < 1.29 is 14.0 Å². The predicted molar refractivity (Wildman–Crippen MR) is 107 cm³/mol. The average Bonchev–Trinajstić information content (AvgIpc) is 3.00. The van der Waals surface area contributed by atoms with Crippen molar-refractivity contribution in [1.29, 1.82) is 5.26 Å². The maximum absolute atomic E-state index is 12.8. The van der Waals surface area contributed by atoms with Gasteiger partial charge in [-0.15, -0.1) is 23.1 Å². The molecule has 8 heteroatoms. The van der Waals surface area contributed by atoms with Crippen LogP contribution in [0.25, 0.3) is 0 Å².